The van der Waals surface area contributed by atoms with Crippen LogP contribution in [-0.4, -0.2) is 19.7 Å². The molecule has 23 heavy (non-hydrogen) atoms. The first-order valence-electron chi connectivity index (χ1n) is 7.95. The van der Waals surface area contributed by atoms with Crippen LogP contribution in [0.25, 0.3) is 11.0 Å². The van der Waals surface area contributed by atoms with E-state index in [2.05, 4.69) is 64.5 Å². The lowest BCUT2D eigenvalue weighted by atomic mass is 9.98. The summed E-state index contributed by atoms with van der Waals surface area (Å²) in [6, 6.07) is 0. The van der Waals surface area contributed by atoms with Crippen LogP contribution in [0.15, 0.2) is 29.1 Å². The second-order valence-corrected chi connectivity index (χ2v) is 7.10. The van der Waals surface area contributed by atoms with E-state index in [-0.39, 0.29) is 5.54 Å². The largest absolute Gasteiger partial charge is 0.383 e. The van der Waals surface area contributed by atoms with Crippen LogP contribution in [0, 0.1) is 0 Å². The minimum Gasteiger partial charge on any atom is -0.383 e. The predicted molar refractivity (Wildman–Crippen MR) is 96.2 cm³/mol. The zero-order chi connectivity index (χ0) is 17.4. The lowest BCUT2D eigenvalue weighted by Gasteiger charge is -2.19. The Labute approximate surface area is 138 Å². The number of fused-ring (bicyclic) bond motifs is 1. The fraction of sp³-hybridized carbons (Fsp3) is 0.500. The highest BCUT2D eigenvalue weighted by Crippen LogP contribution is 2.29. The summed E-state index contributed by atoms with van der Waals surface area (Å²) in [5.41, 5.74) is 11.6. The summed E-state index contributed by atoms with van der Waals surface area (Å²) in [4.78, 5) is 8.58. The van der Waals surface area contributed by atoms with Crippen molar-refractivity contribution in [2.24, 2.45) is 0 Å². The lowest BCUT2D eigenvalue weighted by molar-refractivity contribution is 0.363. The Balaban J connectivity index is 2.65. The molecule has 0 bridgehead atoms. The number of hydrogen-bond donors (Lipinski definition) is 1. The Morgan fingerprint density at radius 2 is 1.87 bits per heavy atom. The summed E-state index contributed by atoms with van der Waals surface area (Å²) in [7, 11) is 0. The van der Waals surface area contributed by atoms with E-state index in [1.54, 1.807) is 0 Å². The van der Waals surface area contributed by atoms with Gasteiger partial charge in [0.1, 0.15) is 12.1 Å². The first kappa shape index (κ1) is 17.2. The first-order valence-corrected chi connectivity index (χ1v) is 7.95. The number of anilines is 1. The van der Waals surface area contributed by atoms with Gasteiger partial charge in [0.05, 0.1) is 16.6 Å². The van der Waals surface area contributed by atoms with Gasteiger partial charge in [0.25, 0.3) is 0 Å². The van der Waals surface area contributed by atoms with Crippen molar-refractivity contribution in [3.8, 4) is 0 Å². The van der Waals surface area contributed by atoms with Crippen LogP contribution in [-0.2, 0) is 12.0 Å². The van der Waals surface area contributed by atoms with Gasteiger partial charge in [-0.3, -0.25) is 0 Å². The van der Waals surface area contributed by atoms with E-state index < -0.39 is 0 Å². The highest BCUT2D eigenvalue weighted by molar-refractivity contribution is 5.88. The summed E-state index contributed by atoms with van der Waals surface area (Å²) in [6.07, 6.45) is 4.37. The standard InChI is InChI=1S/C18H27N5/c1-8-13(12(4)11(2)3)9-14-15-16(19)20-10-21-17(15)23(22-14)18(5,6)7/h8,10H,9H2,1-7H3,(H2,19,20,21)/b13-8-. The molecule has 0 saturated carbocycles. The fourth-order valence-electron chi connectivity index (χ4n) is 2.59. The van der Waals surface area contributed by atoms with Gasteiger partial charge in [0.2, 0.25) is 0 Å². The molecule has 2 aromatic heterocycles. The third-order valence-electron chi connectivity index (χ3n) is 4.14. The van der Waals surface area contributed by atoms with Crippen LogP contribution >= 0.6 is 0 Å². The van der Waals surface area contributed by atoms with E-state index >= 15 is 0 Å². The summed E-state index contributed by atoms with van der Waals surface area (Å²) < 4.78 is 1.95. The minimum atomic E-state index is -0.168. The lowest BCUT2D eigenvalue weighted by Crippen LogP contribution is -2.23. The summed E-state index contributed by atoms with van der Waals surface area (Å²) in [5, 5.41) is 5.69. The molecule has 2 heterocycles. The van der Waals surface area contributed by atoms with Crippen molar-refractivity contribution in [2.45, 2.75) is 60.4 Å². The van der Waals surface area contributed by atoms with Gasteiger partial charge in [-0.25, -0.2) is 14.6 Å². The van der Waals surface area contributed by atoms with E-state index in [4.69, 9.17) is 10.8 Å². The van der Waals surface area contributed by atoms with Gasteiger partial charge in [-0.2, -0.15) is 5.10 Å². The van der Waals surface area contributed by atoms with Gasteiger partial charge in [-0.15, -0.1) is 0 Å². The number of aromatic nitrogens is 4. The Morgan fingerprint density at radius 3 is 2.39 bits per heavy atom. The van der Waals surface area contributed by atoms with Crippen LogP contribution < -0.4 is 5.73 Å². The molecule has 0 aliphatic carbocycles. The van der Waals surface area contributed by atoms with Crippen LogP contribution in [0.3, 0.4) is 0 Å². The summed E-state index contributed by atoms with van der Waals surface area (Å²) in [6.45, 7) is 14.8. The second kappa shape index (κ2) is 6.14. The number of nitrogen functional groups attached to an aromatic ring is 1. The predicted octanol–water partition coefficient (Wildman–Crippen LogP) is 4.01. The van der Waals surface area contributed by atoms with Crippen LogP contribution in [0.2, 0.25) is 0 Å². The van der Waals surface area contributed by atoms with Crippen molar-refractivity contribution in [2.75, 3.05) is 5.73 Å². The van der Waals surface area contributed by atoms with Crippen molar-refractivity contribution in [1.29, 1.82) is 0 Å². The zero-order valence-electron chi connectivity index (χ0n) is 15.2. The molecule has 124 valence electrons. The average molecular weight is 313 g/mol. The van der Waals surface area contributed by atoms with Crippen LogP contribution in [0.5, 0.6) is 0 Å². The van der Waals surface area contributed by atoms with E-state index in [9.17, 15) is 0 Å². The van der Waals surface area contributed by atoms with E-state index in [1.807, 2.05) is 4.68 Å². The van der Waals surface area contributed by atoms with E-state index in [0.29, 0.717) is 5.82 Å². The van der Waals surface area contributed by atoms with Crippen molar-refractivity contribution < 1.29 is 0 Å². The first-order chi connectivity index (χ1) is 10.7. The van der Waals surface area contributed by atoms with Gasteiger partial charge in [-0.05, 0) is 59.6 Å². The molecule has 2 rings (SSSR count). The molecular weight excluding hydrogens is 286 g/mol. The molecule has 0 unspecified atom stereocenters. The van der Waals surface area contributed by atoms with Gasteiger partial charge >= 0.3 is 0 Å². The molecule has 2 aromatic rings. The monoisotopic (exact) mass is 313 g/mol. The molecule has 2 N–H and O–H groups in total. The molecule has 0 aliphatic heterocycles. The number of nitrogens with zero attached hydrogens (tertiary/aromatic N) is 4. The highest BCUT2D eigenvalue weighted by atomic mass is 15.3. The Bertz CT molecular complexity index is 784. The molecule has 0 saturated heterocycles. The highest BCUT2D eigenvalue weighted by Gasteiger charge is 2.23. The fourth-order valence-corrected chi connectivity index (χ4v) is 2.59. The molecule has 0 atom stereocenters. The van der Waals surface area contributed by atoms with Gasteiger partial charge in [0.15, 0.2) is 5.65 Å². The molecule has 0 aromatic carbocycles. The van der Waals surface area contributed by atoms with Gasteiger partial charge < -0.3 is 5.73 Å². The normalized spacial score (nSPS) is 12.7. The molecule has 0 amide bonds. The van der Waals surface area contributed by atoms with Crippen molar-refractivity contribution >= 4 is 16.9 Å². The average Bonchev–Trinajstić information content (AvgIpc) is 2.84. The maximum Gasteiger partial charge on any atom is 0.164 e. The maximum atomic E-state index is 6.13. The van der Waals surface area contributed by atoms with Gasteiger partial charge in [-0.1, -0.05) is 11.6 Å². The molecule has 5 nitrogen and oxygen atoms in total. The van der Waals surface area contributed by atoms with E-state index in [1.165, 1.54) is 23.0 Å². The number of rotatable bonds is 3. The summed E-state index contributed by atoms with van der Waals surface area (Å²) in [5.74, 6) is 0.491. The minimum absolute atomic E-state index is 0.168. The zero-order valence-corrected chi connectivity index (χ0v) is 15.2. The van der Waals surface area contributed by atoms with Crippen molar-refractivity contribution in [3.05, 3.63) is 34.8 Å². The quantitative estimate of drug-likeness (QED) is 0.869. The van der Waals surface area contributed by atoms with Crippen LogP contribution in [0.1, 0.15) is 54.2 Å². The van der Waals surface area contributed by atoms with Crippen molar-refractivity contribution in [3.63, 3.8) is 0 Å². The SMILES string of the molecule is C/C=C(/Cc1nn(C(C)(C)C)c2ncnc(N)c12)C(C)=C(C)C. The Kier molecular flexibility index (Phi) is 4.59. The topological polar surface area (TPSA) is 69.6 Å². The Hall–Kier alpha value is -2.17. The molecular formula is C18H27N5. The molecule has 0 spiro atoms. The smallest absolute Gasteiger partial charge is 0.164 e. The molecule has 0 fully saturated rings. The molecule has 5 heteroatoms. The second-order valence-electron chi connectivity index (χ2n) is 7.10. The summed E-state index contributed by atoms with van der Waals surface area (Å²) >= 11 is 0. The van der Waals surface area contributed by atoms with Gasteiger partial charge in [0, 0.05) is 6.42 Å². The number of hydrogen-bond acceptors (Lipinski definition) is 4. The number of nitrogens with two attached hydrogens (primary N) is 1. The van der Waals surface area contributed by atoms with Crippen molar-refractivity contribution in [1.82, 2.24) is 19.7 Å². The third kappa shape index (κ3) is 3.28. The van der Waals surface area contributed by atoms with Crippen LogP contribution in [0.4, 0.5) is 5.82 Å². The maximum absolute atomic E-state index is 6.13. The Morgan fingerprint density at radius 1 is 1.22 bits per heavy atom. The third-order valence-corrected chi connectivity index (χ3v) is 4.14. The number of allylic oxidation sites excluding steroid dienone is 4. The van der Waals surface area contributed by atoms with E-state index in [0.717, 1.165) is 23.1 Å². The molecule has 0 radical (unpaired) electrons. The molecule has 0 aliphatic rings.